The molecule has 2 amide bonds. The maximum absolute atomic E-state index is 12.3. The highest BCUT2D eigenvalue weighted by molar-refractivity contribution is 5.95. The minimum absolute atomic E-state index is 0. The summed E-state index contributed by atoms with van der Waals surface area (Å²) in [6.45, 7) is 1.57. The van der Waals surface area contributed by atoms with Crippen LogP contribution in [0.5, 0.6) is 5.75 Å². The Labute approximate surface area is 216 Å². The summed E-state index contributed by atoms with van der Waals surface area (Å²) >= 11 is 0. The van der Waals surface area contributed by atoms with Crippen LogP contribution in [0.2, 0.25) is 0 Å². The maximum Gasteiger partial charge on any atom is 0.306 e. The van der Waals surface area contributed by atoms with E-state index in [1.807, 2.05) is 48.5 Å². The van der Waals surface area contributed by atoms with Crippen molar-refractivity contribution in [3.8, 4) is 16.9 Å². The van der Waals surface area contributed by atoms with Gasteiger partial charge in [0.25, 0.3) is 0 Å². The SMILES string of the molecule is Cl.N=C(N)c1ccc(-c2ccc(OC[C@@H]3C[C@@H](CC(=O)OCCN4CCCC4=O)C(=O)N3)cc2)cc1. The molecule has 0 bridgehead atoms. The molecule has 0 unspecified atom stereocenters. The van der Waals surface area contributed by atoms with Crippen LogP contribution in [0.4, 0.5) is 0 Å². The number of carbonyl (C=O) groups is 3. The largest absolute Gasteiger partial charge is 0.491 e. The zero-order valence-electron chi connectivity index (χ0n) is 19.9. The number of amidine groups is 1. The predicted molar refractivity (Wildman–Crippen MR) is 137 cm³/mol. The first-order valence-corrected chi connectivity index (χ1v) is 11.8. The predicted octanol–water partition coefficient (Wildman–Crippen LogP) is 2.50. The van der Waals surface area contributed by atoms with Gasteiger partial charge in [-0.15, -0.1) is 12.4 Å². The van der Waals surface area contributed by atoms with E-state index in [1.54, 1.807) is 4.90 Å². The Morgan fingerprint density at radius 2 is 1.75 bits per heavy atom. The first kappa shape index (κ1) is 27.0. The smallest absolute Gasteiger partial charge is 0.306 e. The Morgan fingerprint density at radius 3 is 2.36 bits per heavy atom. The molecule has 36 heavy (non-hydrogen) atoms. The van der Waals surface area contributed by atoms with Crippen LogP contribution in [-0.4, -0.2) is 60.9 Å². The van der Waals surface area contributed by atoms with E-state index in [9.17, 15) is 14.4 Å². The molecule has 10 heteroatoms. The number of nitrogens with two attached hydrogens (primary N) is 1. The van der Waals surface area contributed by atoms with Gasteiger partial charge in [0.05, 0.1) is 24.9 Å². The molecule has 2 aromatic rings. The molecule has 0 aromatic heterocycles. The van der Waals surface area contributed by atoms with Gasteiger partial charge in [0.2, 0.25) is 11.8 Å². The van der Waals surface area contributed by atoms with Crippen LogP contribution in [0.3, 0.4) is 0 Å². The van der Waals surface area contributed by atoms with Crippen molar-refractivity contribution in [2.24, 2.45) is 11.7 Å². The number of esters is 1. The van der Waals surface area contributed by atoms with E-state index in [-0.39, 0.29) is 49.1 Å². The van der Waals surface area contributed by atoms with E-state index >= 15 is 0 Å². The van der Waals surface area contributed by atoms with E-state index in [2.05, 4.69) is 5.32 Å². The van der Waals surface area contributed by atoms with Crippen molar-refractivity contribution >= 4 is 36.0 Å². The van der Waals surface area contributed by atoms with Gasteiger partial charge >= 0.3 is 5.97 Å². The second-order valence-corrected chi connectivity index (χ2v) is 8.87. The van der Waals surface area contributed by atoms with E-state index in [1.165, 1.54) is 0 Å². The summed E-state index contributed by atoms with van der Waals surface area (Å²) in [5.74, 6) is -0.224. The number of hydrogen-bond donors (Lipinski definition) is 3. The molecular weight excluding hydrogens is 484 g/mol. The number of nitrogens with one attached hydrogen (secondary N) is 2. The normalized spacial score (nSPS) is 18.9. The van der Waals surface area contributed by atoms with Crippen molar-refractivity contribution in [1.82, 2.24) is 10.2 Å². The fourth-order valence-corrected chi connectivity index (χ4v) is 4.37. The van der Waals surface area contributed by atoms with Crippen LogP contribution in [0.15, 0.2) is 48.5 Å². The van der Waals surface area contributed by atoms with Gasteiger partial charge in [0.15, 0.2) is 0 Å². The number of rotatable bonds is 10. The highest BCUT2D eigenvalue weighted by atomic mass is 35.5. The average molecular weight is 515 g/mol. The lowest BCUT2D eigenvalue weighted by Gasteiger charge is -2.15. The lowest BCUT2D eigenvalue weighted by atomic mass is 10.0. The van der Waals surface area contributed by atoms with Crippen LogP contribution in [0.1, 0.15) is 31.2 Å². The third kappa shape index (κ3) is 6.97. The Morgan fingerprint density at radius 1 is 1.08 bits per heavy atom. The van der Waals surface area contributed by atoms with Gasteiger partial charge in [0.1, 0.15) is 24.8 Å². The Kier molecular flexibility index (Phi) is 9.30. The number of hydrogen-bond acceptors (Lipinski definition) is 6. The highest BCUT2D eigenvalue weighted by Gasteiger charge is 2.34. The average Bonchev–Trinajstić information content (AvgIpc) is 3.42. The minimum Gasteiger partial charge on any atom is -0.491 e. The molecule has 4 N–H and O–H groups in total. The maximum atomic E-state index is 12.3. The number of benzene rings is 2. The molecule has 0 radical (unpaired) electrons. The summed E-state index contributed by atoms with van der Waals surface area (Å²) < 4.78 is 11.1. The van der Waals surface area contributed by atoms with E-state index in [4.69, 9.17) is 20.6 Å². The minimum atomic E-state index is -0.440. The van der Waals surface area contributed by atoms with Gasteiger partial charge < -0.3 is 25.4 Å². The van der Waals surface area contributed by atoms with Crippen LogP contribution in [-0.2, 0) is 19.1 Å². The molecular formula is C26H31ClN4O5. The van der Waals surface area contributed by atoms with Gasteiger partial charge in [-0.05, 0) is 36.1 Å². The number of ether oxygens (including phenoxy) is 2. The van der Waals surface area contributed by atoms with Gasteiger partial charge in [-0.2, -0.15) is 0 Å². The topological polar surface area (TPSA) is 135 Å². The Hall–Kier alpha value is -3.59. The van der Waals surface area contributed by atoms with Gasteiger partial charge in [0, 0.05) is 18.5 Å². The highest BCUT2D eigenvalue weighted by Crippen LogP contribution is 2.24. The van der Waals surface area contributed by atoms with Crippen molar-refractivity contribution in [3.63, 3.8) is 0 Å². The van der Waals surface area contributed by atoms with Gasteiger partial charge in [-0.3, -0.25) is 19.8 Å². The first-order chi connectivity index (χ1) is 16.9. The summed E-state index contributed by atoms with van der Waals surface area (Å²) in [7, 11) is 0. The molecule has 9 nitrogen and oxygen atoms in total. The van der Waals surface area contributed by atoms with Crippen molar-refractivity contribution in [3.05, 3.63) is 54.1 Å². The summed E-state index contributed by atoms with van der Waals surface area (Å²) in [4.78, 5) is 37.7. The second kappa shape index (κ2) is 12.4. The zero-order valence-corrected chi connectivity index (χ0v) is 20.7. The van der Waals surface area contributed by atoms with Crippen LogP contribution < -0.4 is 15.8 Å². The summed E-state index contributed by atoms with van der Waals surface area (Å²) in [5, 5.41) is 10.4. The van der Waals surface area contributed by atoms with Crippen molar-refractivity contribution < 1.29 is 23.9 Å². The molecule has 0 saturated carbocycles. The van der Waals surface area contributed by atoms with Crippen molar-refractivity contribution in [1.29, 1.82) is 5.41 Å². The quantitative estimate of drug-likeness (QED) is 0.253. The Bertz CT molecular complexity index is 1090. The zero-order chi connectivity index (χ0) is 24.8. The van der Waals surface area contributed by atoms with Crippen molar-refractivity contribution in [2.45, 2.75) is 31.7 Å². The van der Waals surface area contributed by atoms with Crippen LogP contribution in [0.25, 0.3) is 11.1 Å². The molecule has 2 heterocycles. The third-order valence-electron chi connectivity index (χ3n) is 6.33. The summed E-state index contributed by atoms with van der Waals surface area (Å²) in [6, 6.07) is 14.9. The summed E-state index contributed by atoms with van der Waals surface area (Å²) in [5.41, 5.74) is 8.19. The molecule has 2 saturated heterocycles. The number of halogens is 1. The first-order valence-electron chi connectivity index (χ1n) is 11.8. The number of likely N-dealkylation sites (tertiary alicyclic amines) is 1. The van der Waals surface area contributed by atoms with Crippen molar-refractivity contribution in [2.75, 3.05) is 26.3 Å². The molecule has 2 aliphatic rings. The van der Waals surface area contributed by atoms with E-state index < -0.39 is 11.9 Å². The molecule has 0 aliphatic carbocycles. The standard InChI is InChI=1S/C26H30N4O5.ClH/c27-25(28)19-5-3-17(4-6-19)18-7-9-22(10-8-18)35-16-21-14-20(26(33)29-21)15-24(32)34-13-12-30-11-1-2-23(30)31;/h3-10,20-21H,1-2,11-16H2,(H3,27,28)(H,29,33);1H/t20-,21-;/m0./s1. The molecule has 2 aliphatic heterocycles. The summed E-state index contributed by atoms with van der Waals surface area (Å²) in [6.07, 6.45) is 1.92. The fourth-order valence-electron chi connectivity index (χ4n) is 4.37. The second-order valence-electron chi connectivity index (χ2n) is 8.87. The molecule has 2 aromatic carbocycles. The fraction of sp³-hybridized carbons (Fsp3) is 0.385. The Balaban J connectivity index is 0.00000361. The molecule has 2 fully saturated rings. The van der Waals surface area contributed by atoms with E-state index in [0.29, 0.717) is 43.9 Å². The number of nitrogen functional groups attached to an aromatic ring is 1. The molecule has 192 valence electrons. The lowest BCUT2D eigenvalue weighted by molar-refractivity contribution is -0.147. The molecule has 0 spiro atoms. The monoisotopic (exact) mass is 514 g/mol. The lowest BCUT2D eigenvalue weighted by Crippen LogP contribution is -2.31. The third-order valence-corrected chi connectivity index (χ3v) is 6.33. The van der Waals surface area contributed by atoms with Gasteiger partial charge in [-0.1, -0.05) is 36.4 Å². The molecule has 2 atom stereocenters. The molecule has 4 rings (SSSR count). The number of amides is 2. The van der Waals surface area contributed by atoms with E-state index in [0.717, 1.165) is 17.5 Å². The van der Waals surface area contributed by atoms with Crippen LogP contribution in [0, 0.1) is 11.3 Å². The van der Waals surface area contributed by atoms with Gasteiger partial charge in [-0.25, -0.2) is 0 Å². The number of nitrogens with zero attached hydrogens (tertiary/aromatic N) is 1. The number of carbonyl (C=O) groups excluding carboxylic acids is 3. The van der Waals surface area contributed by atoms with Crippen LogP contribution >= 0.6 is 12.4 Å².